The molecule has 0 saturated carbocycles. The van der Waals surface area contributed by atoms with E-state index in [1.807, 2.05) is 38.4 Å². The summed E-state index contributed by atoms with van der Waals surface area (Å²) in [6, 6.07) is 10.7. The van der Waals surface area contributed by atoms with Gasteiger partial charge in [-0.05, 0) is 50.0 Å². The Morgan fingerprint density at radius 2 is 2.13 bits per heavy atom. The monoisotopic (exact) mass is 313 g/mol. The van der Waals surface area contributed by atoms with Gasteiger partial charge in [-0.1, -0.05) is 6.07 Å². The predicted octanol–water partition coefficient (Wildman–Crippen LogP) is 3.36. The van der Waals surface area contributed by atoms with Crippen LogP contribution in [-0.4, -0.2) is 30.5 Å². The second kappa shape index (κ2) is 6.89. The summed E-state index contributed by atoms with van der Waals surface area (Å²) in [5, 5.41) is 4.20. The standard InChI is InChI=1S/C18H20FN3O/c1-22(2)16(17-6-4-8-23-17)12-20-11-14-10-15(19)9-13-5-3-7-21-18(13)14/h3-10,16,20H,11-12H2,1-2H3. The third kappa shape index (κ3) is 3.57. The molecule has 3 rings (SSSR count). The van der Waals surface area contributed by atoms with Crippen LogP contribution in [0.25, 0.3) is 10.9 Å². The highest BCUT2D eigenvalue weighted by molar-refractivity contribution is 5.81. The van der Waals surface area contributed by atoms with Crippen LogP contribution >= 0.6 is 0 Å². The van der Waals surface area contributed by atoms with Crippen LogP contribution in [0, 0.1) is 5.82 Å². The second-order valence-corrected chi connectivity index (χ2v) is 5.77. The minimum atomic E-state index is -0.238. The first-order valence-electron chi connectivity index (χ1n) is 7.59. The SMILES string of the molecule is CN(C)C(CNCc1cc(F)cc2cccnc12)c1ccco1. The maximum atomic E-state index is 13.8. The minimum Gasteiger partial charge on any atom is -0.468 e. The summed E-state index contributed by atoms with van der Waals surface area (Å²) in [5.41, 5.74) is 1.69. The highest BCUT2D eigenvalue weighted by Gasteiger charge is 2.16. The Labute approximate surface area is 134 Å². The lowest BCUT2D eigenvalue weighted by Gasteiger charge is -2.22. The molecule has 1 N–H and O–H groups in total. The van der Waals surface area contributed by atoms with Crippen LogP contribution in [0.1, 0.15) is 17.4 Å². The fraction of sp³-hybridized carbons (Fsp3) is 0.278. The van der Waals surface area contributed by atoms with Crippen LogP contribution in [0.15, 0.2) is 53.3 Å². The van der Waals surface area contributed by atoms with Crippen LogP contribution in [0.4, 0.5) is 4.39 Å². The molecule has 0 fully saturated rings. The van der Waals surface area contributed by atoms with E-state index >= 15 is 0 Å². The van der Waals surface area contributed by atoms with E-state index < -0.39 is 0 Å². The zero-order valence-corrected chi connectivity index (χ0v) is 13.3. The van der Waals surface area contributed by atoms with Gasteiger partial charge in [0.25, 0.3) is 0 Å². The van der Waals surface area contributed by atoms with Crippen molar-refractivity contribution in [2.45, 2.75) is 12.6 Å². The summed E-state index contributed by atoms with van der Waals surface area (Å²) in [6.45, 7) is 1.25. The fourth-order valence-corrected chi connectivity index (χ4v) is 2.72. The number of aromatic nitrogens is 1. The molecule has 0 amide bonds. The average molecular weight is 313 g/mol. The van der Waals surface area contributed by atoms with Crippen molar-refractivity contribution >= 4 is 10.9 Å². The number of rotatable bonds is 6. The summed E-state index contributed by atoms with van der Waals surface area (Å²) >= 11 is 0. The number of pyridine rings is 1. The third-order valence-electron chi connectivity index (χ3n) is 3.90. The Balaban J connectivity index is 1.73. The molecular formula is C18H20FN3O. The molecule has 3 aromatic rings. The minimum absolute atomic E-state index is 0.123. The molecule has 0 bridgehead atoms. The van der Waals surface area contributed by atoms with Crippen molar-refractivity contribution in [2.75, 3.05) is 20.6 Å². The van der Waals surface area contributed by atoms with E-state index in [4.69, 9.17) is 4.42 Å². The second-order valence-electron chi connectivity index (χ2n) is 5.77. The highest BCUT2D eigenvalue weighted by atomic mass is 19.1. The van der Waals surface area contributed by atoms with Crippen molar-refractivity contribution in [1.82, 2.24) is 15.2 Å². The smallest absolute Gasteiger partial charge is 0.124 e. The highest BCUT2D eigenvalue weighted by Crippen LogP contribution is 2.20. The van der Waals surface area contributed by atoms with Gasteiger partial charge in [-0.2, -0.15) is 0 Å². The lowest BCUT2D eigenvalue weighted by Crippen LogP contribution is -2.30. The first-order chi connectivity index (χ1) is 11.1. The number of fused-ring (bicyclic) bond motifs is 1. The molecule has 2 aromatic heterocycles. The van der Waals surface area contributed by atoms with Crippen molar-refractivity contribution in [3.63, 3.8) is 0 Å². The number of likely N-dealkylation sites (N-methyl/N-ethyl adjacent to an activating group) is 1. The van der Waals surface area contributed by atoms with Gasteiger partial charge in [-0.3, -0.25) is 9.88 Å². The van der Waals surface area contributed by atoms with Crippen LogP contribution in [0.5, 0.6) is 0 Å². The molecule has 2 heterocycles. The largest absolute Gasteiger partial charge is 0.468 e. The quantitative estimate of drug-likeness (QED) is 0.757. The van der Waals surface area contributed by atoms with Gasteiger partial charge in [0, 0.05) is 24.7 Å². The summed E-state index contributed by atoms with van der Waals surface area (Å²) in [6.07, 6.45) is 3.41. The number of nitrogens with one attached hydrogen (secondary N) is 1. The molecule has 0 spiro atoms. The average Bonchev–Trinajstić information content (AvgIpc) is 3.04. The molecular weight excluding hydrogens is 293 g/mol. The molecule has 5 heteroatoms. The van der Waals surface area contributed by atoms with Crippen molar-refractivity contribution < 1.29 is 8.81 Å². The van der Waals surface area contributed by atoms with Crippen molar-refractivity contribution in [1.29, 1.82) is 0 Å². The Kier molecular flexibility index (Phi) is 4.69. The topological polar surface area (TPSA) is 41.3 Å². The van der Waals surface area contributed by atoms with E-state index in [0.717, 1.165) is 22.2 Å². The van der Waals surface area contributed by atoms with E-state index in [9.17, 15) is 4.39 Å². The van der Waals surface area contributed by atoms with Crippen LogP contribution in [0.2, 0.25) is 0 Å². The van der Waals surface area contributed by atoms with Crippen LogP contribution in [0.3, 0.4) is 0 Å². The lowest BCUT2D eigenvalue weighted by molar-refractivity contribution is 0.250. The Morgan fingerprint density at radius 1 is 1.26 bits per heavy atom. The van der Waals surface area contributed by atoms with E-state index in [-0.39, 0.29) is 11.9 Å². The third-order valence-corrected chi connectivity index (χ3v) is 3.90. The Hall–Kier alpha value is -2.24. The van der Waals surface area contributed by atoms with Gasteiger partial charge in [-0.25, -0.2) is 4.39 Å². The number of hydrogen-bond donors (Lipinski definition) is 1. The van der Waals surface area contributed by atoms with Crippen LogP contribution < -0.4 is 5.32 Å². The molecule has 0 aliphatic carbocycles. The van der Waals surface area contributed by atoms with E-state index in [0.29, 0.717) is 13.1 Å². The van der Waals surface area contributed by atoms with E-state index in [1.165, 1.54) is 6.07 Å². The number of hydrogen-bond acceptors (Lipinski definition) is 4. The number of nitrogens with zero attached hydrogens (tertiary/aromatic N) is 2. The summed E-state index contributed by atoms with van der Waals surface area (Å²) < 4.78 is 19.3. The van der Waals surface area contributed by atoms with Gasteiger partial charge < -0.3 is 9.73 Å². The normalized spacial score (nSPS) is 12.9. The molecule has 1 atom stereocenters. The maximum absolute atomic E-state index is 13.8. The van der Waals surface area contributed by atoms with E-state index in [1.54, 1.807) is 18.5 Å². The number of benzene rings is 1. The molecule has 1 aromatic carbocycles. The molecule has 4 nitrogen and oxygen atoms in total. The van der Waals surface area contributed by atoms with Crippen molar-refractivity contribution in [3.05, 3.63) is 66.0 Å². The first kappa shape index (κ1) is 15.6. The number of furan rings is 1. The van der Waals surface area contributed by atoms with Gasteiger partial charge in [0.1, 0.15) is 11.6 Å². The van der Waals surface area contributed by atoms with Crippen molar-refractivity contribution in [2.24, 2.45) is 0 Å². The predicted molar refractivity (Wildman–Crippen MR) is 88.5 cm³/mol. The molecule has 0 saturated heterocycles. The molecule has 120 valence electrons. The first-order valence-corrected chi connectivity index (χ1v) is 7.59. The maximum Gasteiger partial charge on any atom is 0.124 e. The Morgan fingerprint density at radius 3 is 2.87 bits per heavy atom. The van der Waals surface area contributed by atoms with Gasteiger partial charge in [0.05, 0.1) is 17.8 Å². The van der Waals surface area contributed by atoms with Gasteiger partial charge in [0.2, 0.25) is 0 Å². The zero-order valence-electron chi connectivity index (χ0n) is 13.3. The molecule has 23 heavy (non-hydrogen) atoms. The van der Waals surface area contributed by atoms with Gasteiger partial charge >= 0.3 is 0 Å². The van der Waals surface area contributed by atoms with Gasteiger partial charge in [0.15, 0.2) is 0 Å². The van der Waals surface area contributed by atoms with Gasteiger partial charge in [-0.15, -0.1) is 0 Å². The molecule has 0 aliphatic rings. The molecule has 1 unspecified atom stereocenters. The summed E-state index contributed by atoms with van der Waals surface area (Å²) in [4.78, 5) is 6.46. The fourth-order valence-electron chi connectivity index (χ4n) is 2.72. The molecule has 0 radical (unpaired) electrons. The van der Waals surface area contributed by atoms with E-state index in [2.05, 4.69) is 15.2 Å². The Bertz CT molecular complexity index is 771. The summed E-state index contributed by atoms with van der Waals surface area (Å²) in [5.74, 6) is 0.669. The lowest BCUT2D eigenvalue weighted by atomic mass is 10.1. The number of halogens is 1. The molecule has 0 aliphatic heterocycles. The van der Waals surface area contributed by atoms with Crippen LogP contribution in [-0.2, 0) is 6.54 Å². The van der Waals surface area contributed by atoms with Crippen molar-refractivity contribution in [3.8, 4) is 0 Å². The zero-order chi connectivity index (χ0) is 16.2. The summed E-state index contributed by atoms with van der Waals surface area (Å²) in [7, 11) is 4.02.